The predicted octanol–water partition coefficient (Wildman–Crippen LogP) is 4.82. The molecular weight excluding hydrogens is 295 g/mol. The van der Waals surface area contributed by atoms with Gasteiger partial charge in [0.05, 0.1) is 22.2 Å². The molecule has 0 bridgehead atoms. The molecule has 0 N–H and O–H groups in total. The van der Waals surface area contributed by atoms with E-state index in [1.54, 1.807) is 30.3 Å². The third kappa shape index (κ3) is 3.33. The molecule has 0 radical (unpaired) electrons. The second kappa shape index (κ2) is 6.78. The van der Waals surface area contributed by atoms with Gasteiger partial charge in [-0.15, -0.1) is 0 Å². The number of ketones is 1. The summed E-state index contributed by atoms with van der Waals surface area (Å²) in [4.78, 5) is 12.4. The van der Waals surface area contributed by atoms with Crippen molar-refractivity contribution in [3.8, 4) is 5.75 Å². The Bertz CT molecular complexity index is 624. The molecule has 2 rings (SSSR count). The summed E-state index contributed by atoms with van der Waals surface area (Å²) in [6, 6.07) is 12.5. The lowest BCUT2D eigenvalue weighted by Crippen LogP contribution is -2.07. The first-order valence-electron chi connectivity index (χ1n) is 6.31. The van der Waals surface area contributed by atoms with Crippen molar-refractivity contribution < 1.29 is 9.53 Å². The molecule has 0 aliphatic heterocycles. The van der Waals surface area contributed by atoms with Gasteiger partial charge in [-0.05, 0) is 30.7 Å². The summed E-state index contributed by atoms with van der Waals surface area (Å²) in [6.07, 6.45) is 0.198. The molecule has 0 amide bonds. The maximum absolute atomic E-state index is 12.4. The minimum absolute atomic E-state index is 0.0433. The Morgan fingerprint density at radius 3 is 2.60 bits per heavy atom. The molecule has 0 aliphatic rings. The van der Waals surface area contributed by atoms with Gasteiger partial charge >= 0.3 is 0 Å². The molecule has 0 fully saturated rings. The first-order chi connectivity index (χ1) is 9.63. The van der Waals surface area contributed by atoms with Crippen molar-refractivity contribution in [3.05, 3.63) is 63.6 Å². The summed E-state index contributed by atoms with van der Waals surface area (Å²) in [7, 11) is 0. The van der Waals surface area contributed by atoms with E-state index in [0.29, 0.717) is 28.0 Å². The van der Waals surface area contributed by atoms with E-state index in [4.69, 9.17) is 27.9 Å². The monoisotopic (exact) mass is 308 g/mol. The van der Waals surface area contributed by atoms with Crippen LogP contribution < -0.4 is 4.74 Å². The quantitative estimate of drug-likeness (QED) is 0.740. The molecule has 20 heavy (non-hydrogen) atoms. The van der Waals surface area contributed by atoms with Crippen LogP contribution >= 0.6 is 23.2 Å². The Hall–Kier alpha value is -1.51. The van der Waals surface area contributed by atoms with Gasteiger partial charge in [-0.1, -0.05) is 47.5 Å². The van der Waals surface area contributed by atoms with Crippen molar-refractivity contribution in [2.75, 3.05) is 6.61 Å². The highest BCUT2D eigenvalue weighted by atomic mass is 35.5. The summed E-state index contributed by atoms with van der Waals surface area (Å²) in [5.41, 5.74) is 1.28. The molecule has 0 aromatic heterocycles. The molecule has 0 saturated carbocycles. The standard InChI is InChI=1S/C16H14Cl2O2/c1-2-20-15-9-4-3-7-12(15)14(19)10-11-6-5-8-13(17)16(11)18/h3-9H,2,10H2,1H3. The number of para-hydroxylation sites is 1. The average molecular weight is 309 g/mol. The van der Waals surface area contributed by atoms with Gasteiger partial charge < -0.3 is 4.74 Å². The first-order valence-corrected chi connectivity index (χ1v) is 7.07. The van der Waals surface area contributed by atoms with Gasteiger partial charge in [0, 0.05) is 6.42 Å². The number of carbonyl (C=O) groups is 1. The smallest absolute Gasteiger partial charge is 0.171 e. The third-order valence-corrected chi connectivity index (χ3v) is 3.73. The summed E-state index contributed by atoms with van der Waals surface area (Å²) in [5.74, 6) is 0.552. The topological polar surface area (TPSA) is 26.3 Å². The zero-order valence-electron chi connectivity index (χ0n) is 11.0. The van der Waals surface area contributed by atoms with Gasteiger partial charge in [0.2, 0.25) is 0 Å². The lowest BCUT2D eigenvalue weighted by Gasteiger charge is -2.10. The molecule has 0 atom stereocenters. The summed E-state index contributed by atoms with van der Waals surface area (Å²) < 4.78 is 5.47. The molecule has 0 spiro atoms. The fraction of sp³-hybridized carbons (Fsp3) is 0.188. The Balaban J connectivity index is 2.26. The maximum Gasteiger partial charge on any atom is 0.171 e. The largest absolute Gasteiger partial charge is 0.493 e. The molecule has 0 heterocycles. The van der Waals surface area contributed by atoms with Crippen LogP contribution in [-0.2, 0) is 6.42 Å². The van der Waals surface area contributed by atoms with Gasteiger partial charge in [-0.25, -0.2) is 0 Å². The number of ether oxygens (including phenoxy) is 1. The highest BCUT2D eigenvalue weighted by molar-refractivity contribution is 6.42. The van der Waals surface area contributed by atoms with Gasteiger partial charge in [0.25, 0.3) is 0 Å². The highest BCUT2D eigenvalue weighted by Gasteiger charge is 2.15. The van der Waals surface area contributed by atoms with Crippen LogP contribution in [0.4, 0.5) is 0 Å². The Morgan fingerprint density at radius 1 is 1.10 bits per heavy atom. The van der Waals surface area contributed by atoms with E-state index in [1.807, 2.05) is 19.1 Å². The normalized spacial score (nSPS) is 10.3. The van der Waals surface area contributed by atoms with Crippen LogP contribution in [0.1, 0.15) is 22.8 Å². The molecule has 2 nitrogen and oxygen atoms in total. The number of Topliss-reactive ketones (excluding diaryl/α,β-unsaturated/α-hetero) is 1. The molecule has 0 unspecified atom stereocenters. The van der Waals surface area contributed by atoms with Crippen molar-refractivity contribution in [3.63, 3.8) is 0 Å². The van der Waals surface area contributed by atoms with Crippen LogP contribution in [0, 0.1) is 0 Å². The van der Waals surface area contributed by atoms with Crippen molar-refractivity contribution in [1.82, 2.24) is 0 Å². The fourth-order valence-corrected chi connectivity index (χ4v) is 2.32. The van der Waals surface area contributed by atoms with Crippen LogP contribution in [-0.4, -0.2) is 12.4 Å². The molecule has 0 aliphatic carbocycles. The number of hydrogen-bond donors (Lipinski definition) is 0. The van der Waals surface area contributed by atoms with Crippen molar-refractivity contribution in [2.45, 2.75) is 13.3 Å². The van der Waals surface area contributed by atoms with Crippen molar-refractivity contribution in [1.29, 1.82) is 0 Å². The fourth-order valence-electron chi connectivity index (χ4n) is 1.93. The van der Waals surface area contributed by atoms with Crippen LogP contribution in [0.25, 0.3) is 0 Å². The average Bonchev–Trinajstić information content (AvgIpc) is 2.45. The van der Waals surface area contributed by atoms with E-state index < -0.39 is 0 Å². The lowest BCUT2D eigenvalue weighted by atomic mass is 10.0. The SMILES string of the molecule is CCOc1ccccc1C(=O)Cc1cccc(Cl)c1Cl. The molecule has 2 aromatic rings. The Kier molecular flexibility index (Phi) is 5.05. The highest BCUT2D eigenvalue weighted by Crippen LogP contribution is 2.27. The number of carbonyl (C=O) groups excluding carboxylic acids is 1. The maximum atomic E-state index is 12.4. The molecule has 2 aromatic carbocycles. The van der Waals surface area contributed by atoms with Gasteiger partial charge in [0.15, 0.2) is 5.78 Å². The number of halogens is 2. The summed E-state index contributed by atoms with van der Waals surface area (Å²) >= 11 is 12.1. The number of hydrogen-bond acceptors (Lipinski definition) is 2. The van der Waals surface area contributed by atoms with Crippen molar-refractivity contribution in [2.24, 2.45) is 0 Å². The molecule has 104 valence electrons. The van der Waals surface area contributed by atoms with Crippen molar-refractivity contribution >= 4 is 29.0 Å². The van der Waals surface area contributed by atoms with Crippen LogP contribution in [0.15, 0.2) is 42.5 Å². The predicted molar refractivity (Wildman–Crippen MR) is 82.1 cm³/mol. The van der Waals surface area contributed by atoms with Crippen LogP contribution in [0.2, 0.25) is 10.0 Å². The minimum Gasteiger partial charge on any atom is -0.493 e. The van der Waals surface area contributed by atoms with E-state index in [2.05, 4.69) is 0 Å². The summed E-state index contributed by atoms with van der Waals surface area (Å²) in [5, 5.41) is 0.881. The molecule has 0 saturated heterocycles. The van der Waals surface area contributed by atoms with E-state index in [9.17, 15) is 4.79 Å². The second-order valence-corrected chi connectivity index (χ2v) is 5.03. The minimum atomic E-state index is -0.0433. The van der Waals surface area contributed by atoms with Gasteiger partial charge in [0.1, 0.15) is 5.75 Å². The van der Waals surface area contributed by atoms with E-state index in [0.717, 1.165) is 5.56 Å². The number of rotatable bonds is 5. The van der Waals surface area contributed by atoms with Crippen LogP contribution in [0.3, 0.4) is 0 Å². The second-order valence-electron chi connectivity index (χ2n) is 4.24. The zero-order chi connectivity index (χ0) is 14.5. The van der Waals surface area contributed by atoms with E-state index >= 15 is 0 Å². The Morgan fingerprint density at radius 2 is 1.85 bits per heavy atom. The van der Waals surface area contributed by atoms with Gasteiger partial charge in [-0.2, -0.15) is 0 Å². The van der Waals surface area contributed by atoms with Gasteiger partial charge in [-0.3, -0.25) is 4.79 Å². The van der Waals surface area contributed by atoms with E-state index in [-0.39, 0.29) is 12.2 Å². The first kappa shape index (κ1) is 14.9. The lowest BCUT2D eigenvalue weighted by molar-refractivity contribution is 0.0989. The molecule has 4 heteroatoms. The van der Waals surface area contributed by atoms with E-state index in [1.165, 1.54) is 0 Å². The third-order valence-electron chi connectivity index (χ3n) is 2.87. The summed E-state index contributed by atoms with van der Waals surface area (Å²) in [6.45, 7) is 2.40. The van der Waals surface area contributed by atoms with Crippen LogP contribution in [0.5, 0.6) is 5.75 Å². The number of benzene rings is 2. The Labute approximate surface area is 128 Å². The zero-order valence-corrected chi connectivity index (χ0v) is 12.5. The molecular formula is C16H14Cl2O2.